The van der Waals surface area contributed by atoms with Crippen LogP contribution in [0.3, 0.4) is 0 Å². The summed E-state index contributed by atoms with van der Waals surface area (Å²) in [4.78, 5) is 21.3. The molecule has 0 N–H and O–H groups in total. The summed E-state index contributed by atoms with van der Waals surface area (Å²) in [5.74, 6) is 2.15. The van der Waals surface area contributed by atoms with Crippen molar-refractivity contribution in [1.82, 2.24) is 9.55 Å². The molecule has 6 heteroatoms. The summed E-state index contributed by atoms with van der Waals surface area (Å²) in [6.07, 6.45) is 3.11. The number of aryl methyl sites for hydroxylation is 1. The van der Waals surface area contributed by atoms with E-state index < -0.39 is 0 Å². The molecule has 0 saturated heterocycles. The molecule has 0 fully saturated rings. The zero-order valence-corrected chi connectivity index (χ0v) is 21.8. The molecule has 0 amide bonds. The summed E-state index contributed by atoms with van der Waals surface area (Å²) >= 11 is 3.33. The van der Waals surface area contributed by atoms with E-state index in [0.29, 0.717) is 5.92 Å². The summed E-state index contributed by atoms with van der Waals surface area (Å²) in [5, 5.41) is 1.55. The molecule has 0 aliphatic heterocycles. The number of fused-ring (bicyclic) bond motifs is 3. The van der Waals surface area contributed by atoms with Gasteiger partial charge in [-0.05, 0) is 66.0 Å². The normalized spacial score (nSPS) is 15.9. The molecule has 1 aliphatic carbocycles. The topological polar surface area (TPSA) is 44.1 Å². The number of methoxy groups -OCH3 is 1. The van der Waals surface area contributed by atoms with Crippen molar-refractivity contribution in [2.45, 2.75) is 50.9 Å². The predicted molar refractivity (Wildman–Crippen MR) is 143 cm³/mol. The Morgan fingerprint density at radius 2 is 1.85 bits per heavy atom. The van der Waals surface area contributed by atoms with Crippen molar-refractivity contribution >= 4 is 33.3 Å². The highest BCUT2D eigenvalue weighted by Gasteiger charge is 2.32. The summed E-state index contributed by atoms with van der Waals surface area (Å²) in [5.41, 5.74) is 3.55. The second kappa shape index (κ2) is 9.23. The Hall–Kier alpha value is -2.57. The van der Waals surface area contributed by atoms with Crippen molar-refractivity contribution in [3.05, 3.63) is 81.0 Å². The Kier molecular flexibility index (Phi) is 6.30. The quantitative estimate of drug-likeness (QED) is 0.225. The van der Waals surface area contributed by atoms with Crippen molar-refractivity contribution in [3.63, 3.8) is 0 Å². The fraction of sp³-hybridized carbons (Fsp3) is 0.357. The number of hydrogen-bond acceptors (Lipinski definition) is 5. The lowest BCUT2D eigenvalue weighted by Gasteiger charge is -2.33. The molecule has 1 aliphatic rings. The van der Waals surface area contributed by atoms with Crippen LogP contribution in [0.4, 0.5) is 0 Å². The van der Waals surface area contributed by atoms with E-state index in [1.165, 1.54) is 16.0 Å². The zero-order valence-electron chi connectivity index (χ0n) is 20.1. The first-order valence-corrected chi connectivity index (χ1v) is 13.5. The number of rotatable bonds is 5. The Bertz CT molecular complexity index is 1370. The molecule has 0 spiro atoms. The van der Waals surface area contributed by atoms with Crippen LogP contribution in [-0.4, -0.2) is 16.7 Å². The maximum atomic E-state index is 14.0. The van der Waals surface area contributed by atoms with Crippen LogP contribution in [0.5, 0.6) is 5.75 Å². The summed E-state index contributed by atoms with van der Waals surface area (Å²) < 4.78 is 7.12. The minimum atomic E-state index is 0.0393. The van der Waals surface area contributed by atoms with Crippen LogP contribution in [0.15, 0.2) is 64.5 Å². The van der Waals surface area contributed by atoms with E-state index in [0.717, 1.165) is 51.8 Å². The highest BCUT2D eigenvalue weighted by Crippen LogP contribution is 2.42. The van der Waals surface area contributed by atoms with Gasteiger partial charge < -0.3 is 4.74 Å². The number of ether oxygens (including phenoxy) is 1. The van der Waals surface area contributed by atoms with Crippen LogP contribution < -0.4 is 10.3 Å². The first-order valence-electron chi connectivity index (χ1n) is 11.7. The van der Waals surface area contributed by atoms with Crippen LogP contribution in [0.1, 0.15) is 43.2 Å². The van der Waals surface area contributed by atoms with E-state index in [-0.39, 0.29) is 11.0 Å². The van der Waals surface area contributed by atoms with Gasteiger partial charge in [-0.3, -0.25) is 9.36 Å². The SMILES string of the molecule is COc1ccc(-n2c(SCc3ccccc3)nc3sc4c(c3c2=O)CCC(C(C)(C)C)C4)cc1. The van der Waals surface area contributed by atoms with Crippen LogP contribution in [0, 0.1) is 11.3 Å². The van der Waals surface area contributed by atoms with Gasteiger partial charge in [0, 0.05) is 10.6 Å². The first-order chi connectivity index (χ1) is 16.3. The minimum absolute atomic E-state index is 0.0393. The van der Waals surface area contributed by atoms with Crippen LogP contribution in [-0.2, 0) is 18.6 Å². The maximum Gasteiger partial charge on any atom is 0.267 e. The lowest BCUT2D eigenvalue weighted by molar-refractivity contribution is 0.218. The molecule has 4 aromatic rings. The Morgan fingerprint density at radius 1 is 1.12 bits per heavy atom. The van der Waals surface area contributed by atoms with E-state index in [1.807, 2.05) is 42.5 Å². The second-order valence-electron chi connectivity index (χ2n) is 10.00. The fourth-order valence-electron chi connectivity index (χ4n) is 4.72. The average Bonchev–Trinajstić information content (AvgIpc) is 3.21. The molecular weight excluding hydrogens is 460 g/mol. The van der Waals surface area contributed by atoms with Gasteiger partial charge in [-0.15, -0.1) is 11.3 Å². The van der Waals surface area contributed by atoms with Gasteiger partial charge in [0.05, 0.1) is 18.2 Å². The molecule has 176 valence electrons. The van der Waals surface area contributed by atoms with E-state index in [4.69, 9.17) is 9.72 Å². The van der Waals surface area contributed by atoms with Crippen LogP contribution in [0.2, 0.25) is 0 Å². The monoisotopic (exact) mass is 490 g/mol. The van der Waals surface area contributed by atoms with Gasteiger partial charge in [-0.2, -0.15) is 0 Å². The summed E-state index contributed by atoms with van der Waals surface area (Å²) in [7, 11) is 1.65. The van der Waals surface area contributed by atoms with Crippen molar-refractivity contribution in [3.8, 4) is 11.4 Å². The van der Waals surface area contributed by atoms with Crippen molar-refractivity contribution in [2.24, 2.45) is 11.3 Å². The summed E-state index contributed by atoms with van der Waals surface area (Å²) in [6, 6.07) is 18.0. The molecule has 2 aromatic carbocycles. The molecule has 2 heterocycles. The van der Waals surface area contributed by atoms with Crippen molar-refractivity contribution in [1.29, 1.82) is 0 Å². The van der Waals surface area contributed by atoms with Gasteiger partial charge in [-0.25, -0.2) is 4.98 Å². The number of hydrogen-bond donors (Lipinski definition) is 0. The van der Waals surface area contributed by atoms with E-state index in [9.17, 15) is 4.79 Å². The predicted octanol–water partition coefficient (Wildman–Crippen LogP) is 6.90. The van der Waals surface area contributed by atoms with Crippen molar-refractivity contribution < 1.29 is 4.74 Å². The molecular formula is C28H30N2O2S2. The third-order valence-electron chi connectivity index (χ3n) is 6.82. The van der Waals surface area contributed by atoms with Crippen molar-refractivity contribution in [2.75, 3.05) is 7.11 Å². The van der Waals surface area contributed by atoms with E-state index in [2.05, 4.69) is 32.9 Å². The van der Waals surface area contributed by atoms with Crippen LogP contribution in [0.25, 0.3) is 15.9 Å². The Labute approximate surface area is 209 Å². The third-order valence-corrected chi connectivity index (χ3v) is 8.98. The molecule has 0 saturated carbocycles. The highest BCUT2D eigenvalue weighted by molar-refractivity contribution is 7.98. The minimum Gasteiger partial charge on any atom is -0.497 e. The molecule has 1 unspecified atom stereocenters. The number of nitrogens with zero attached hydrogens (tertiary/aromatic N) is 2. The smallest absolute Gasteiger partial charge is 0.267 e. The zero-order chi connectivity index (χ0) is 23.9. The lowest BCUT2D eigenvalue weighted by Crippen LogP contribution is -2.27. The number of thiophene rings is 1. The van der Waals surface area contributed by atoms with Crippen LogP contribution >= 0.6 is 23.1 Å². The van der Waals surface area contributed by atoms with Gasteiger partial charge in [0.15, 0.2) is 5.16 Å². The van der Waals surface area contributed by atoms with Gasteiger partial charge in [0.1, 0.15) is 10.6 Å². The molecule has 0 bridgehead atoms. The Morgan fingerprint density at radius 3 is 2.53 bits per heavy atom. The second-order valence-corrected chi connectivity index (χ2v) is 12.0. The molecule has 34 heavy (non-hydrogen) atoms. The largest absolute Gasteiger partial charge is 0.497 e. The first kappa shape index (κ1) is 23.2. The molecule has 2 aromatic heterocycles. The van der Waals surface area contributed by atoms with Gasteiger partial charge in [-0.1, -0.05) is 62.9 Å². The highest BCUT2D eigenvalue weighted by atomic mass is 32.2. The molecule has 0 radical (unpaired) electrons. The summed E-state index contributed by atoms with van der Waals surface area (Å²) in [6.45, 7) is 6.97. The Balaban J connectivity index is 1.63. The molecule has 5 rings (SSSR count). The number of aromatic nitrogens is 2. The fourth-order valence-corrected chi connectivity index (χ4v) is 7.03. The maximum absolute atomic E-state index is 14.0. The molecule has 4 nitrogen and oxygen atoms in total. The van der Waals surface area contributed by atoms with Gasteiger partial charge in [0.25, 0.3) is 5.56 Å². The van der Waals surface area contributed by atoms with Gasteiger partial charge >= 0.3 is 0 Å². The standard InChI is InChI=1S/C28H30N2O2S2/c1-28(2,3)19-10-15-22-23(16-19)34-25-24(22)26(31)30(20-11-13-21(32-4)14-12-20)27(29-25)33-17-18-8-6-5-7-9-18/h5-9,11-14,19H,10,15-17H2,1-4H3. The third kappa shape index (κ3) is 4.41. The average molecular weight is 491 g/mol. The lowest BCUT2D eigenvalue weighted by atomic mass is 9.72. The van der Waals surface area contributed by atoms with E-state index >= 15 is 0 Å². The molecule has 1 atom stereocenters. The number of benzene rings is 2. The van der Waals surface area contributed by atoms with Gasteiger partial charge in [0.2, 0.25) is 0 Å². The number of thioether (sulfide) groups is 1. The van der Waals surface area contributed by atoms with E-state index in [1.54, 1.807) is 34.8 Å².